The highest BCUT2D eigenvalue weighted by Crippen LogP contribution is 2.10. The van der Waals surface area contributed by atoms with Crippen molar-refractivity contribution >= 4 is 0 Å². The average molecular weight is 246 g/mol. The molecule has 96 valence electrons. The maximum absolute atomic E-state index is 9.92. The normalized spacial score (nSPS) is 12.6. The van der Waals surface area contributed by atoms with Crippen LogP contribution in [0.2, 0.25) is 0 Å². The summed E-state index contributed by atoms with van der Waals surface area (Å²) >= 11 is 0. The number of aryl methyl sites for hydroxylation is 1. The van der Waals surface area contributed by atoms with Gasteiger partial charge in [0.25, 0.3) is 0 Å². The molecule has 0 spiro atoms. The number of nitrogens with zero attached hydrogens (tertiary/aromatic N) is 3. The van der Waals surface area contributed by atoms with E-state index in [0.29, 0.717) is 6.54 Å². The maximum atomic E-state index is 9.92. The second-order valence-corrected chi connectivity index (χ2v) is 4.22. The average Bonchev–Trinajstić information content (AvgIpc) is 2.81. The van der Waals surface area contributed by atoms with Gasteiger partial charge >= 0.3 is 0 Å². The van der Waals surface area contributed by atoms with Gasteiger partial charge in [0.05, 0.1) is 6.10 Å². The summed E-state index contributed by atoms with van der Waals surface area (Å²) in [5.74, 6) is 0.819. The molecule has 2 N–H and O–H groups in total. The third-order valence-corrected chi connectivity index (χ3v) is 2.69. The van der Waals surface area contributed by atoms with Gasteiger partial charge in [0, 0.05) is 26.6 Å². The maximum Gasteiger partial charge on any atom is 0.151 e. The van der Waals surface area contributed by atoms with Gasteiger partial charge in [0.1, 0.15) is 6.33 Å². The fourth-order valence-electron chi connectivity index (χ4n) is 1.73. The molecule has 0 aliphatic heterocycles. The number of aromatic nitrogens is 3. The highest BCUT2D eigenvalue weighted by atomic mass is 16.3. The number of benzene rings is 1. The minimum Gasteiger partial charge on any atom is -0.387 e. The zero-order chi connectivity index (χ0) is 12.8. The lowest BCUT2D eigenvalue weighted by molar-refractivity contribution is 0.175. The van der Waals surface area contributed by atoms with Crippen molar-refractivity contribution in [2.24, 2.45) is 7.05 Å². The molecule has 0 saturated heterocycles. The van der Waals surface area contributed by atoms with Crippen molar-refractivity contribution in [1.29, 1.82) is 0 Å². The molecule has 0 aliphatic rings. The molecule has 1 unspecified atom stereocenters. The van der Waals surface area contributed by atoms with Crippen molar-refractivity contribution in [2.45, 2.75) is 12.5 Å². The third-order valence-electron chi connectivity index (χ3n) is 2.69. The molecule has 5 heteroatoms. The molecule has 1 atom stereocenters. The monoisotopic (exact) mass is 246 g/mol. The lowest BCUT2D eigenvalue weighted by Crippen LogP contribution is -2.24. The predicted octanol–water partition coefficient (Wildman–Crippen LogP) is 0.681. The molecule has 0 bridgehead atoms. The van der Waals surface area contributed by atoms with Crippen LogP contribution in [-0.2, 0) is 13.5 Å². The highest BCUT2D eigenvalue weighted by Gasteiger charge is 2.06. The molecule has 1 aromatic heterocycles. The lowest BCUT2D eigenvalue weighted by Gasteiger charge is -2.11. The van der Waals surface area contributed by atoms with E-state index in [2.05, 4.69) is 15.4 Å². The Morgan fingerprint density at radius 1 is 1.33 bits per heavy atom. The molecule has 2 aromatic rings. The molecular formula is C13H18N4O. The highest BCUT2D eigenvalue weighted by molar-refractivity contribution is 5.17. The second kappa shape index (κ2) is 6.28. The summed E-state index contributed by atoms with van der Waals surface area (Å²) < 4.78 is 1.69. The van der Waals surface area contributed by atoms with Crippen LogP contribution in [0.25, 0.3) is 0 Å². The minimum absolute atomic E-state index is 0.470. The first-order chi connectivity index (χ1) is 8.75. The van der Waals surface area contributed by atoms with Crippen LogP contribution < -0.4 is 5.32 Å². The van der Waals surface area contributed by atoms with Crippen LogP contribution in [0.5, 0.6) is 0 Å². The Kier molecular flexibility index (Phi) is 4.44. The number of hydrogen-bond acceptors (Lipinski definition) is 4. The Morgan fingerprint density at radius 3 is 2.78 bits per heavy atom. The van der Waals surface area contributed by atoms with Crippen LogP contribution in [0, 0.1) is 0 Å². The Balaban J connectivity index is 1.69. The first kappa shape index (κ1) is 12.7. The summed E-state index contributed by atoms with van der Waals surface area (Å²) in [6, 6.07) is 9.64. The summed E-state index contributed by atoms with van der Waals surface area (Å²) in [6.07, 6.45) is 1.99. The van der Waals surface area contributed by atoms with E-state index in [1.165, 1.54) is 0 Å². The van der Waals surface area contributed by atoms with Gasteiger partial charge in [-0.05, 0) is 5.56 Å². The summed E-state index contributed by atoms with van der Waals surface area (Å²) in [7, 11) is 1.85. The van der Waals surface area contributed by atoms with Crippen molar-refractivity contribution in [2.75, 3.05) is 13.1 Å². The van der Waals surface area contributed by atoms with E-state index in [4.69, 9.17) is 0 Å². The van der Waals surface area contributed by atoms with Gasteiger partial charge in [0.15, 0.2) is 5.82 Å². The SMILES string of the molecule is Cn1cnc(CCNCC(O)c2ccccc2)n1. The van der Waals surface area contributed by atoms with Crippen LogP contribution in [0.4, 0.5) is 0 Å². The Morgan fingerprint density at radius 2 is 2.11 bits per heavy atom. The van der Waals surface area contributed by atoms with E-state index >= 15 is 0 Å². The molecule has 2 rings (SSSR count). The van der Waals surface area contributed by atoms with Crippen LogP contribution in [0.15, 0.2) is 36.7 Å². The molecule has 18 heavy (non-hydrogen) atoms. The van der Waals surface area contributed by atoms with E-state index in [1.54, 1.807) is 11.0 Å². The van der Waals surface area contributed by atoms with E-state index in [1.807, 2.05) is 37.4 Å². The Bertz CT molecular complexity index is 469. The van der Waals surface area contributed by atoms with Crippen molar-refractivity contribution in [3.05, 3.63) is 48.0 Å². The summed E-state index contributed by atoms with van der Waals surface area (Å²) in [4.78, 5) is 4.14. The van der Waals surface area contributed by atoms with Crippen molar-refractivity contribution in [3.8, 4) is 0 Å². The minimum atomic E-state index is -0.470. The Labute approximate surface area is 106 Å². The predicted molar refractivity (Wildman–Crippen MR) is 69.0 cm³/mol. The van der Waals surface area contributed by atoms with E-state index in [-0.39, 0.29) is 0 Å². The fraction of sp³-hybridized carbons (Fsp3) is 0.385. The van der Waals surface area contributed by atoms with Crippen LogP contribution >= 0.6 is 0 Å². The summed E-state index contributed by atoms with van der Waals surface area (Å²) in [5, 5.41) is 17.3. The Hall–Kier alpha value is -1.72. The standard InChI is InChI=1S/C13H18N4O/c1-17-10-15-13(16-17)7-8-14-9-12(18)11-5-3-2-4-6-11/h2-6,10,12,14,18H,7-9H2,1H3. The lowest BCUT2D eigenvalue weighted by atomic mass is 10.1. The van der Waals surface area contributed by atoms with E-state index in [9.17, 15) is 5.11 Å². The van der Waals surface area contributed by atoms with Gasteiger partial charge < -0.3 is 10.4 Å². The molecule has 0 radical (unpaired) electrons. The summed E-state index contributed by atoms with van der Waals surface area (Å²) in [5.41, 5.74) is 0.931. The zero-order valence-corrected chi connectivity index (χ0v) is 10.5. The fourth-order valence-corrected chi connectivity index (χ4v) is 1.73. The van der Waals surface area contributed by atoms with Gasteiger partial charge in [-0.1, -0.05) is 30.3 Å². The van der Waals surface area contributed by atoms with Gasteiger partial charge in [0.2, 0.25) is 0 Å². The number of aliphatic hydroxyl groups excluding tert-OH is 1. The first-order valence-electron chi connectivity index (χ1n) is 6.04. The molecule has 5 nitrogen and oxygen atoms in total. The van der Waals surface area contributed by atoms with Crippen LogP contribution in [0.1, 0.15) is 17.5 Å². The molecule has 1 heterocycles. The largest absolute Gasteiger partial charge is 0.387 e. The van der Waals surface area contributed by atoms with E-state index < -0.39 is 6.10 Å². The topological polar surface area (TPSA) is 63.0 Å². The summed E-state index contributed by atoms with van der Waals surface area (Å²) in [6.45, 7) is 1.30. The van der Waals surface area contributed by atoms with Crippen LogP contribution in [0.3, 0.4) is 0 Å². The molecular weight excluding hydrogens is 228 g/mol. The first-order valence-corrected chi connectivity index (χ1v) is 6.04. The van der Waals surface area contributed by atoms with Gasteiger partial charge in [-0.25, -0.2) is 4.98 Å². The number of aliphatic hydroxyl groups is 1. The number of rotatable bonds is 6. The van der Waals surface area contributed by atoms with E-state index in [0.717, 1.165) is 24.4 Å². The second-order valence-electron chi connectivity index (χ2n) is 4.22. The molecule has 0 fully saturated rings. The molecule has 0 saturated carbocycles. The van der Waals surface area contributed by atoms with Crippen molar-refractivity contribution < 1.29 is 5.11 Å². The van der Waals surface area contributed by atoms with Gasteiger partial charge in [-0.3, -0.25) is 4.68 Å². The van der Waals surface area contributed by atoms with Crippen molar-refractivity contribution in [1.82, 2.24) is 20.1 Å². The zero-order valence-electron chi connectivity index (χ0n) is 10.5. The van der Waals surface area contributed by atoms with Gasteiger partial charge in [-0.2, -0.15) is 5.10 Å². The van der Waals surface area contributed by atoms with Crippen LogP contribution in [-0.4, -0.2) is 33.0 Å². The number of hydrogen-bond donors (Lipinski definition) is 2. The van der Waals surface area contributed by atoms with Gasteiger partial charge in [-0.15, -0.1) is 0 Å². The quantitative estimate of drug-likeness (QED) is 0.736. The third kappa shape index (κ3) is 3.65. The van der Waals surface area contributed by atoms with Crippen molar-refractivity contribution in [3.63, 3.8) is 0 Å². The smallest absolute Gasteiger partial charge is 0.151 e. The number of nitrogens with one attached hydrogen (secondary N) is 1. The molecule has 0 amide bonds. The molecule has 1 aromatic carbocycles. The molecule has 0 aliphatic carbocycles.